The molecule has 0 aliphatic heterocycles. The van der Waals surface area contributed by atoms with Crippen LogP contribution in [0.15, 0.2) is 243 Å². The Morgan fingerprint density at radius 2 is 0.554 bits per heavy atom. The van der Waals surface area contributed by atoms with E-state index in [0.717, 1.165) is 133 Å². The van der Waals surface area contributed by atoms with Gasteiger partial charge < -0.3 is 9.13 Å². The predicted octanol–water partition coefficient (Wildman–Crippen LogP) is 18.2. The van der Waals surface area contributed by atoms with E-state index in [1.54, 1.807) is 0 Å². The SMILES string of the molecule is Cc1cc(C#N)ccc1-c1cc(-n2c3ccc(-c4ccccc4)cc3c3cc(-c4ccccc4)ccc32)c(-n2c3ccc(-c4ccccc4)cc3c3cc(-c4ccccc4)ccc32)cc1-c1ccc(C#N)cc1C. The highest BCUT2D eigenvalue weighted by molar-refractivity contribution is 6.14. The molecule has 0 aliphatic rings. The first kappa shape index (κ1) is 44.0. The van der Waals surface area contributed by atoms with Crippen molar-refractivity contribution in [1.82, 2.24) is 9.13 Å². The Kier molecular flexibility index (Phi) is 10.7. The molecule has 2 heterocycles. The van der Waals surface area contributed by atoms with Crippen LogP contribution in [0.3, 0.4) is 0 Å². The van der Waals surface area contributed by atoms with E-state index >= 15 is 0 Å². The molecule has 0 spiro atoms. The van der Waals surface area contributed by atoms with Crippen molar-refractivity contribution in [2.75, 3.05) is 0 Å². The standard InChI is InChI=1S/C70H46N4/c1-45-35-47(43-71)23-29-57(45)59-41-69(73-65-31-25-53(49-15-7-3-8-16-49)37-61(65)62-38-54(26-32-66(62)73)50-17-9-4-10-18-50)70(42-60(59)58-30-24-48(44-72)36-46(58)2)74-67-33-27-55(51-19-11-5-12-20-51)39-63(67)64-40-56(28-34-68(64)74)52-21-13-6-14-22-52/h3-42H,1-2H3. The first-order valence-corrected chi connectivity index (χ1v) is 25.0. The molecule has 0 bridgehead atoms. The quantitative estimate of drug-likeness (QED) is 0.152. The highest BCUT2D eigenvalue weighted by atomic mass is 15.1. The highest BCUT2D eigenvalue weighted by Crippen LogP contribution is 2.46. The number of aromatic nitrogens is 2. The van der Waals surface area contributed by atoms with E-state index in [4.69, 9.17) is 0 Å². The van der Waals surface area contributed by atoms with Crippen LogP contribution in [0.2, 0.25) is 0 Å². The van der Waals surface area contributed by atoms with Crippen LogP contribution >= 0.6 is 0 Å². The maximum atomic E-state index is 10.1. The van der Waals surface area contributed by atoms with E-state index in [0.29, 0.717) is 11.1 Å². The van der Waals surface area contributed by atoms with Crippen molar-refractivity contribution in [1.29, 1.82) is 10.5 Å². The zero-order chi connectivity index (χ0) is 49.9. The Labute approximate surface area is 430 Å². The molecule has 2 aromatic heterocycles. The molecule has 0 saturated heterocycles. The molecule has 13 aromatic rings. The zero-order valence-corrected chi connectivity index (χ0v) is 40.9. The number of nitriles is 2. The monoisotopic (exact) mass is 942 g/mol. The molecule has 4 nitrogen and oxygen atoms in total. The van der Waals surface area contributed by atoms with Gasteiger partial charge in [-0.15, -0.1) is 0 Å². The van der Waals surface area contributed by atoms with Crippen molar-refractivity contribution in [3.63, 3.8) is 0 Å². The van der Waals surface area contributed by atoms with Crippen LogP contribution in [0, 0.1) is 36.5 Å². The summed E-state index contributed by atoms with van der Waals surface area (Å²) in [4.78, 5) is 0. The molecule has 0 radical (unpaired) electrons. The van der Waals surface area contributed by atoms with Gasteiger partial charge in [0.25, 0.3) is 0 Å². The predicted molar refractivity (Wildman–Crippen MR) is 307 cm³/mol. The zero-order valence-electron chi connectivity index (χ0n) is 40.9. The van der Waals surface area contributed by atoms with Crippen LogP contribution in [0.25, 0.3) is 122 Å². The van der Waals surface area contributed by atoms with Crippen LogP contribution in [-0.4, -0.2) is 9.13 Å². The van der Waals surface area contributed by atoms with Crippen molar-refractivity contribution in [2.45, 2.75) is 13.8 Å². The van der Waals surface area contributed by atoms with Crippen molar-refractivity contribution < 1.29 is 0 Å². The lowest BCUT2D eigenvalue weighted by Gasteiger charge is -2.23. The summed E-state index contributed by atoms with van der Waals surface area (Å²) >= 11 is 0. The third-order valence-corrected chi connectivity index (χ3v) is 14.8. The minimum atomic E-state index is 0.611. The number of rotatable bonds is 8. The van der Waals surface area contributed by atoms with Crippen LogP contribution < -0.4 is 0 Å². The third-order valence-electron chi connectivity index (χ3n) is 14.8. The second-order valence-electron chi connectivity index (χ2n) is 19.2. The molecular weight excluding hydrogens is 897 g/mol. The van der Waals surface area contributed by atoms with Crippen LogP contribution in [0.1, 0.15) is 22.3 Å². The first-order chi connectivity index (χ1) is 36.4. The topological polar surface area (TPSA) is 57.4 Å². The number of benzene rings is 11. The minimum absolute atomic E-state index is 0.611. The fourth-order valence-electron chi connectivity index (χ4n) is 11.3. The Bertz CT molecular complexity index is 3950. The number of hydrogen-bond acceptors (Lipinski definition) is 2. The molecule has 0 amide bonds. The van der Waals surface area contributed by atoms with Gasteiger partial charge in [0, 0.05) is 21.5 Å². The minimum Gasteiger partial charge on any atom is -0.307 e. The summed E-state index contributed by atoms with van der Waals surface area (Å²) in [5, 5.41) is 24.8. The molecular formula is C70H46N4. The Balaban J connectivity index is 1.20. The van der Waals surface area contributed by atoms with Gasteiger partial charge in [-0.3, -0.25) is 0 Å². The molecule has 0 fully saturated rings. The molecule has 13 rings (SSSR count). The molecule has 0 aliphatic carbocycles. The van der Waals surface area contributed by atoms with Crippen LogP contribution in [0.4, 0.5) is 0 Å². The third kappa shape index (κ3) is 7.45. The van der Waals surface area contributed by atoms with E-state index in [9.17, 15) is 10.5 Å². The van der Waals surface area contributed by atoms with Crippen molar-refractivity contribution in [3.05, 3.63) is 265 Å². The maximum absolute atomic E-state index is 10.1. The van der Waals surface area contributed by atoms with Gasteiger partial charge in [0.05, 0.1) is 56.7 Å². The summed E-state index contributed by atoms with van der Waals surface area (Å²) in [6, 6.07) is 91.6. The van der Waals surface area contributed by atoms with Gasteiger partial charge in [-0.2, -0.15) is 10.5 Å². The Hall–Kier alpha value is -10.0. The largest absolute Gasteiger partial charge is 0.307 e. The highest BCUT2D eigenvalue weighted by Gasteiger charge is 2.25. The lowest BCUT2D eigenvalue weighted by molar-refractivity contribution is 1.10. The van der Waals surface area contributed by atoms with E-state index < -0.39 is 0 Å². The summed E-state index contributed by atoms with van der Waals surface area (Å²) in [5.41, 5.74) is 22.8. The fourth-order valence-corrected chi connectivity index (χ4v) is 11.3. The summed E-state index contributed by atoms with van der Waals surface area (Å²) < 4.78 is 4.94. The lowest BCUT2D eigenvalue weighted by atomic mass is 9.88. The van der Waals surface area contributed by atoms with Crippen molar-refractivity contribution in [2.24, 2.45) is 0 Å². The summed E-state index contributed by atoms with van der Waals surface area (Å²) in [7, 11) is 0. The molecule has 0 N–H and O–H groups in total. The number of nitrogens with zero attached hydrogens (tertiary/aromatic N) is 4. The smallest absolute Gasteiger partial charge is 0.0991 e. The Morgan fingerprint density at radius 3 is 0.811 bits per heavy atom. The number of hydrogen-bond donors (Lipinski definition) is 0. The second kappa shape index (κ2) is 18.0. The molecule has 0 unspecified atom stereocenters. The van der Waals surface area contributed by atoms with Crippen molar-refractivity contribution >= 4 is 43.6 Å². The van der Waals surface area contributed by atoms with E-state index in [-0.39, 0.29) is 0 Å². The summed E-state index contributed by atoms with van der Waals surface area (Å²) in [5.74, 6) is 0. The van der Waals surface area contributed by atoms with E-state index in [2.05, 4.69) is 254 Å². The van der Waals surface area contributed by atoms with Gasteiger partial charge >= 0.3 is 0 Å². The average molecular weight is 943 g/mol. The molecule has 4 heteroatoms. The summed E-state index contributed by atoms with van der Waals surface area (Å²) in [6.45, 7) is 4.19. The molecule has 11 aromatic carbocycles. The lowest BCUT2D eigenvalue weighted by Crippen LogP contribution is -2.06. The van der Waals surface area contributed by atoms with Gasteiger partial charge in [0.2, 0.25) is 0 Å². The molecule has 74 heavy (non-hydrogen) atoms. The van der Waals surface area contributed by atoms with Gasteiger partial charge in [-0.05, 0) is 177 Å². The van der Waals surface area contributed by atoms with Gasteiger partial charge in [0.15, 0.2) is 0 Å². The van der Waals surface area contributed by atoms with Crippen molar-refractivity contribution in [3.8, 4) is 90.3 Å². The fraction of sp³-hybridized carbons (Fsp3) is 0.0286. The first-order valence-electron chi connectivity index (χ1n) is 25.0. The second-order valence-corrected chi connectivity index (χ2v) is 19.2. The Morgan fingerprint density at radius 1 is 0.270 bits per heavy atom. The van der Waals surface area contributed by atoms with Gasteiger partial charge in [-0.25, -0.2) is 0 Å². The molecule has 0 atom stereocenters. The average Bonchev–Trinajstić information content (AvgIpc) is 3.96. The molecule has 0 saturated carbocycles. The maximum Gasteiger partial charge on any atom is 0.0991 e. The van der Waals surface area contributed by atoms with Crippen LogP contribution in [0.5, 0.6) is 0 Å². The number of fused-ring (bicyclic) bond motifs is 6. The van der Waals surface area contributed by atoms with Crippen LogP contribution in [-0.2, 0) is 0 Å². The number of aryl methyl sites for hydroxylation is 2. The van der Waals surface area contributed by atoms with Gasteiger partial charge in [0.1, 0.15) is 0 Å². The van der Waals surface area contributed by atoms with Gasteiger partial charge in [-0.1, -0.05) is 158 Å². The van der Waals surface area contributed by atoms with E-state index in [1.165, 1.54) is 0 Å². The normalized spacial score (nSPS) is 11.4. The summed E-state index contributed by atoms with van der Waals surface area (Å²) in [6.07, 6.45) is 0. The van der Waals surface area contributed by atoms with E-state index in [1.807, 2.05) is 24.3 Å². The molecule has 346 valence electrons.